The third kappa shape index (κ3) is 3.76. The van der Waals surface area contributed by atoms with Gasteiger partial charge in [-0.2, -0.15) is 0 Å². The van der Waals surface area contributed by atoms with Crippen molar-refractivity contribution in [3.63, 3.8) is 0 Å². The van der Waals surface area contributed by atoms with Crippen LogP contribution in [0.2, 0.25) is 0 Å². The number of aryl methyl sites for hydroxylation is 1. The highest BCUT2D eigenvalue weighted by molar-refractivity contribution is 6.39. The summed E-state index contributed by atoms with van der Waals surface area (Å²) in [6.07, 6.45) is 0.745. The van der Waals surface area contributed by atoms with Crippen molar-refractivity contribution in [3.05, 3.63) is 23.8 Å². The zero-order chi connectivity index (χ0) is 13.7. The normalized spacial score (nSPS) is 11.7. The van der Waals surface area contributed by atoms with Gasteiger partial charge in [-0.1, -0.05) is 13.0 Å². The van der Waals surface area contributed by atoms with E-state index in [0.29, 0.717) is 0 Å². The summed E-state index contributed by atoms with van der Waals surface area (Å²) in [6, 6.07) is 4.72. The minimum atomic E-state index is -0.781. The first kappa shape index (κ1) is 14.0. The molecule has 0 aliphatic rings. The number of hydrogen-bond donors (Lipinski definition) is 3. The summed E-state index contributed by atoms with van der Waals surface area (Å²) in [5.74, 6) is -1.55. The second-order valence-electron chi connectivity index (χ2n) is 4.26. The Bertz CT molecular complexity index is 458. The quantitative estimate of drug-likeness (QED) is 0.562. The molecule has 1 aromatic carbocycles. The first-order chi connectivity index (χ1) is 8.43. The third-order valence-corrected chi connectivity index (χ3v) is 2.60. The van der Waals surface area contributed by atoms with Crippen LogP contribution in [-0.2, 0) is 9.59 Å². The summed E-state index contributed by atoms with van der Waals surface area (Å²) in [7, 11) is 0. The fourth-order valence-corrected chi connectivity index (χ4v) is 1.32. The van der Waals surface area contributed by atoms with Gasteiger partial charge in [0.1, 0.15) is 5.75 Å². The van der Waals surface area contributed by atoms with E-state index in [0.717, 1.165) is 12.0 Å². The Balaban J connectivity index is 2.69. The van der Waals surface area contributed by atoms with Gasteiger partial charge in [0.2, 0.25) is 0 Å². The molecule has 18 heavy (non-hydrogen) atoms. The Morgan fingerprint density at radius 3 is 2.61 bits per heavy atom. The van der Waals surface area contributed by atoms with Crippen LogP contribution in [0.3, 0.4) is 0 Å². The maximum Gasteiger partial charge on any atom is 0.313 e. The molecule has 2 amide bonds. The molecule has 0 aliphatic heterocycles. The van der Waals surface area contributed by atoms with Gasteiger partial charge in [-0.25, -0.2) is 0 Å². The first-order valence-electron chi connectivity index (χ1n) is 5.85. The number of rotatable bonds is 3. The van der Waals surface area contributed by atoms with Gasteiger partial charge >= 0.3 is 11.8 Å². The molecule has 0 bridgehead atoms. The van der Waals surface area contributed by atoms with Gasteiger partial charge < -0.3 is 15.7 Å². The number of anilines is 1. The molecule has 0 saturated carbocycles. The maximum absolute atomic E-state index is 11.6. The zero-order valence-electron chi connectivity index (χ0n) is 10.8. The molecule has 1 aromatic rings. The topological polar surface area (TPSA) is 78.4 Å². The highest BCUT2D eigenvalue weighted by Gasteiger charge is 2.16. The molecule has 0 fully saturated rings. The molecule has 5 heteroatoms. The van der Waals surface area contributed by atoms with E-state index in [1.165, 1.54) is 6.07 Å². The lowest BCUT2D eigenvalue weighted by Crippen LogP contribution is -2.40. The van der Waals surface area contributed by atoms with Crippen molar-refractivity contribution in [2.45, 2.75) is 33.2 Å². The molecule has 0 saturated heterocycles. The minimum absolute atomic E-state index is 0.0608. The van der Waals surface area contributed by atoms with E-state index in [9.17, 15) is 14.7 Å². The number of carbonyl (C=O) groups is 2. The number of benzene rings is 1. The SMILES string of the molecule is CCC(C)NC(=O)C(=O)Nc1cc(C)ccc1O. The van der Waals surface area contributed by atoms with Crippen LogP contribution in [0.5, 0.6) is 5.75 Å². The molecule has 1 unspecified atom stereocenters. The zero-order valence-corrected chi connectivity index (χ0v) is 10.8. The van der Waals surface area contributed by atoms with E-state index in [2.05, 4.69) is 10.6 Å². The standard InChI is InChI=1S/C13H18N2O3/c1-4-9(3)14-12(17)13(18)15-10-7-8(2)5-6-11(10)16/h5-7,9,16H,4H2,1-3H3,(H,14,17)(H,15,18). The Labute approximate surface area is 106 Å². The van der Waals surface area contributed by atoms with Gasteiger partial charge in [-0.05, 0) is 38.0 Å². The molecule has 0 heterocycles. The fraction of sp³-hybridized carbons (Fsp3) is 0.385. The van der Waals surface area contributed by atoms with Gasteiger partial charge in [-0.3, -0.25) is 9.59 Å². The first-order valence-corrected chi connectivity index (χ1v) is 5.85. The average molecular weight is 250 g/mol. The minimum Gasteiger partial charge on any atom is -0.506 e. The van der Waals surface area contributed by atoms with Crippen molar-refractivity contribution < 1.29 is 14.7 Å². The van der Waals surface area contributed by atoms with Gasteiger partial charge in [0.15, 0.2) is 0 Å². The van der Waals surface area contributed by atoms with E-state index in [1.807, 2.05) is 20.8 Å². The lowest BCUT2D eigenvalue weighted by molar-refractivity contribution is -0.136. The number of carbonyl (C=O) groups excluding carboxylic acids is 2. The van der Waals surface area contributed by atoms with Crippen LogP contribution in [-0.4, -0.2) is 23.0 Å². The van der Waals surface area contributed by atoms with Crippen LogP contribution >= 0.6 is 0 Å². The molecule has 0 aliphatic carbocycles. The number of nitrogens with one attached hydrogen (secondary N) is 2. The maximum atomic E-state index is 11.6. The third-order valence-electron chi connectivity index (χ3n) is 2.60. The van der Waals surface area contributed by atoms with Crippen molar-refractivity contribution >= 4 is 17.5 Å². The molecule has 3 N–H and O–H groups in total. The molecule has 0 aromatic heterocycles. The highest BCUT2D eigenvalue weighted by Crippen LogP contribution is 2.23. The van der Waals surface area contributed by atoms with Crippen LogP contribution in [0.25, 0.3) is 0 Å². The molecular formula is C13H18N2O3. The number of amides is 2. The van der Waals surface area contributed by atoms with Gasteiger partial charge in [-0.15, -0.1) is 0 Å². The van der Waals surface area contributed by atoms with Crippen molar-refractivity contribution in [2.24, 2.45) is 0 Å². The molecule has 98 valence electrons. The van der Waals surface area contributed by atoms with E-state index in [-0.39, 0.29) is 17.5 Å². The lowest BCUT2D eigenvalue weighted by Gasteiger charge is -2.12. The monoisotopic (exact) mass is 250 g/mol. The lowest BCUT2D eigenvalue weighted by atomic mass is 10.2. The van der Waals surface area contributed by atoms with Crippen LogP contribution in [0.15, 0.2) is 18.2 Å². The molecule has 0 radical (unpaired) electrons. The second-order valence-corrected chi connectivity index (χ2v) is 4.26. The number of phenols is 1. The predicted octanol–water partition coefficient (Wildman–Crippen LogP) is 1.55. The van der Waals surface area contributed by atoms with E-state index >= 15 is 0 Å². The van der Waals surface area contributed by atoms with E-state index in [4.69, 9.17) is 0 Å². The largest absolute Gasteiger partial charge is 0.506 e. The summed E-state index contributed by atoms with van der Waals surface area (Å²) in [6.45, 7) is 5.55. The second kappa shape index (κ2) is 6.05. The van der Waals surface area contributed by atoms with Crippen molar-refractivity contribution in [1.29, 1.82) is 0 Å². The van der Waals surface area contributed by atoms with Gasteiger partial charge in [0.25, 0.3) is 0 Å². The van der Waals surface area contributed by atoms with Crippen LogP contribution in [0.1, 0.15) is 25.8 Å². The van der Waals surface area contributed by atoms with Crippen LogP contribution in [0.4, 0.5) is 5.69 Å². The highest BCUT2D eigenvalue weighted by atomic mass is 16.3. The fourth-order valence-electron chi connectivity index (χ4n) is 1.32. The molecular weight excluding hydrogens is 232 g/mol. The number of hydrogen-bond acceptors (Lipinski definition) is 3. The van der Waals surface area contributed by atoms with Gasteiger partial charge in [0, 0.05) is 6.04 Å². The molecule has 0 spiro atoms. The smallest absolute Gasteiger partial charge is 0.313 e. The average Bonchev–Trinajstić information content (AvgIpc) is 2.33. The predicted molar refractivity (Wildman–Crippen MR) is 69.4 cm³/mol. The Morgan fingerprint density at radius 1 is 1.33 bits per heavy atom. The van der Waals surface area contributed by atoms with Crippen LogP contribution < -0.4 is 10.6 Å². The van der Waals surface area contributed by atoms with Crippen LogP contribution in [0, 0.1) is 6.92 Å². The number of aromatic hydroxyl groups is 1. The molecule has 1 rings (SSSR count). The van der Waals surface area contributed by atoms with Crippen molar-refractivity contribution in [3.8, 4) is 5.75 Å². The summed E-state index contributed by atoms with van der Waals surface area (Å²) in [5, 5.41) is 14.5. The Morgan fingerprint density at radius 2 is 2.00 bits per heavy atom. The Hall–Kier alpha value is -2.04. The summed E-state index contributed by atoms with van der Waals surface area (Å²) < 4.78 is 0. The Kier molecular flexibility index (Phi) is 4.71. The van der Waals surface area contributed by atoms with Gasteiger partial charge in [0.05, 0.1) is 5.69 Å². The van der Waals surface area contributed by atoms with Crippen molar-refractivity contribution in [1.82, 2.24) is 5.32 Å². The summed E-state index contributed by atoms with van der Waals surface area (Å²) >= 11 is 0. The van der Waals surface area contributed by atoms with E-state index in [1.54, 1.807) is 12.1 Å². The molecule has 1 atom stereocenters. The summed E-state index contributed by atoms with van der Waals surface area (Å²) in [4.78, 5) is 23.1. The molecule has 5 nitrogen and oxygen atoms in total. The van der Waals surface area contributed by atoms with Crippen molar-refractivity contribution in [2.75, 3.05) is 5.32 Å². The summed E-state index contributed by atoms with van der Waals surface area (Å²) in [5.41, 5.74) is 1.12. The number of phenolic OH excluding ortho intramolecular Hbond substituents is 1. The van der Waals surface area contributed by atoms with E-state index < -0.39 is 11.8 Å².